The highest BCUT2D eigenvalue weighted by Gasteiger charge is 2.14. The lowest BCUT2D eigenvalue weighted by atomic mass is 10.1. The summed E-state index contributed by atoms with van der Waals surface area (Å²) in [6.45, 7) is 7.68. The number of alkyl halides is 1. The maximum Gasteiger partial charge on any atom is 0.0739 e. The Kier molecular flexibility index (Phi) is 37.5. The van der Waals surface area contributed by atoms with Gasteiger partial charge < -0.3 is 9.47 Å². The SMILES string of the molecule is CCCCCCCCC=CCCCCCCCOCC(COCCCCCCCC=CCCCCCCCC)N(C)CCl. The predicted octanol–water partition coefficient (Wildman–Crippen LogP) is 12.8. The first kappa shape index (κ1) is 42.6. The molecule has 0 heterocycles. The van der Waals surface area contributed by atoms with Crippen LogP contribution in [0.25, 0.3) is 0 Å². The van der Waals surface area contributed by atoms with E-state index in [0.717, 1.165) is 26.1 Å². The topological polar surface area (TPSA) is 21.7 Å². The van der Waals surface area contributed by atoms with Crippen LogP contribution in [0.4, 0.5) is 0 Å². The number of hydrogen-bond donors (Lipinski definition) is 0. The van der Waals surface area contributed by atoms with E-state index in [9.17, 15) is 0 Å². The van der Waals surface area contributed by atoms with Gasteiger partial charge in [0.2, 0.25) is 0 Å². The minimum absolute atomic E-state index is 0.240. The number of hydrogen-bond acceptors (Lipinski definition) is 3. The molecule has 0 spiro atoms. The van der Waals surface area contributed by atoms with Gasteiger partial charge in [0.05, 0.1) is 25.3 Å². The Balaban J connectivity index is 3.55. The maximum atomic E-state index is 6.12. The molecule has 0 saturated carbocycles. The fourth-order valence-corrected chi connectivity index (χ4v) is 5.58. The standard InChI is InChI=1S/C39H76ClNO2/c1-4-6-8-10-12-14-16-18-20-22-24-26-28-30-32-34-42-36-39(41(3)38-40)37-43-35-33-31-29-27-25-23-21-19-17-15-13-11-9-7-5-2/h18-21,39H,4-17,22-38H2,1-3H3. The highest BCUT2D eigenvalue weighted by Crippen LogP contribution is 2.11. The molecule has 0 bridgehead atoms. The fraction of sp³-hybridized carbons (Fsp3) is 0.897. The Morgan fingerprint density at radius 2 is 0.767 bits per heavy atom. The van der Waals surface area contributed by atoms with Crippen molar-refractivity contribution in [2.75, 3.05) is 39.5 Å². The van der Waals surface area contributed by atoms with E-state index in [4.69, 9.17) is 21.1 Å². The molecular formula is C39H76ClNO2. The summed E-state index contributed by atoms with van der Waals surface area (Å²) in [5.41, 5.74) is 0. The largest absolute Gasteiger partial charge is 0.380 e. The number of nitrogens with zero attached hydrogens (tertiary/aromatic N) is 1. The second-order valence-electron chi connectivity index (χ2n) is 12.8. The van der Waals surface area contributed by atoms with E-state index in [-0.39, 0.29) is 6.04 Å². The summed E-state index contributed by atoms with van der Waals surface area (Å²) in [6.07, 6.45) is 44.2. The van der Waals surface area contributed by atoms with Gasteiger partial charge in [0.1, 0.15) is 0 Å². The molecule has 4 heteroatoms. The van der Waals surface area contributed by atoms with Gasteiger partial charge in [-0.2, -0.15) is 0 Å². The van der Waals surface area contributed by atoms with Gasteiger partial charge in [-0.1, -0.05) is 141 Å². The van der Waals surface area contributed by atoms with Crippen molar-refractivity contribution >= 4 is 11.6 Å². The van der Waals surface area contributed by atoms with Gasteiger partial charge in [-0.05, 0) is 71.3 Å². The third-order valence-corrected chi connectivity index (χ3v) is 8.91. The predicted molar refractivity (Wildman–Crippen MR) is 194 cm³/mol. The lowest BCUT2D eigenvalue weighted by Crippen LogP contribution is -2.38. The third kappa shape index (κ3) is 34.4. The Labute approximate surface area is 276 Å². The summed E-state index contributed by atoms with van der Waals surface area (Å²) in [7, 11) is 2.06. The number of ether oxygens (including phenoxy) is 2. The molecule has 0 amide bonds. The lowest BCUT2D eigenvalue weighted by molar-refractivity contribution is 0.0174. The number of unbranched alkanes of at least 4 members (excludes halogenated alkanes) is 22. The Morgan fingerprint density at radius 3 is 1.09 bits per heavy atom. The molecule has 0 atom stereocenters. The van der Waals surface area contributed by atoms with Gasteiger partial charge in [-0.25, -0.2) is 0 Å². The van der Waals surface area contributed by atoms with Crippen LogP contribution in [0.5, 0.6) is 0 Å². The van der Waals surface area contributed by atoms with Gasteiger partial charge in [0.15, 0.2) is 0 Å². The molecule has 0 unspecified atom stereocenters. The second kappa shape index (κ2) is 37.8. The van der Waals surface area contributed by atoms with Crippen LogP contribution in [0.2, 0.25) is 0 Å². The molecule has 0 saturated heterocycles. The van der Waals surface area contributed by atoms with Gasteiger partial charge in [0.25, 0.3) is 0 Å². The van der Waals surface area contributed by atoms with Crippen LogP contribution in [0.15, 0.2) is 24.3 Å². The smallest absolute Gasteiger partial charge is 0.0739 e. The summed E-state index contributed by atoms with van der Waals surface area (Å²) in [5, 5.41) is 0. The van der Waals surface area contributed by atoms with Crippen LogP contribution in [-0.2, 0) is 9.47 Å². The molecule has 0 aliphatic rings. The van der Waals surface area contributed by atoms with Crippen LogP contribution in [0, 0.1) is 0 Å². The first-order chi connectivity index (χ1) is 21.3. The molecular weight excluding hydrogens is 550 g/mol. The van der Waals surface area contributed by atoms with Crippen molar-refractivity contribution in [1.82, 2.24) is 4.90 Å². The normalized spacial score (nSPS) is 12.9. The zero-order chi connectivity index (χ0) is 31.3. The molecule has 0 aromatic rings. The van der Waals surface area contributed by atoms with Crippen molar-refractivity contribution in [2.24, 2.45) is 0 Å². The Hall–Kier alpha value is -0.350. The van der Waals surface area contributed by atoms with E-state index in [1.165, 1.54) is 154 Å². The molecule has 3 nitrogen and oxygen atoms in total. The molecule has 0 radical (unpaired) electrons. The minimum atomic E-state index is 0.240. The minimum Gasteiger partial charge on any atom is -0.380 e. The monoisotopic (exact) mass is 626 g/mol. The van der Waals surface area contributed by atoms with E-state index in [1.807, 2.05) is 0 Å². The average molecular weight is 626 g/mol. The Morgan fingerprint density at radius 1 is 0.465 bits per heavy atom. The number of halogens is 1. The van der Waals surface area contributed by atoms with Crippen molar-refractivity contribution in [2.45, 2.75) is 187 Å². The third-order valence-electron chi connectivity index (χ3n) is 8.53. The van der Waals surface area contributed by atoms with Crippen LogP contribution >= 0.6 is 11.6 Å². The quantitative estimate of drug-likeness (QED) is 0.0299. The van der Waals surface area contributed by atoms with Crippen molar-refractivity contribution in [3.8, 4) is 0 Å². The molecule has 256 valence electrons. The fourth-order valence-electron chi connectivity index (χ4n) is 5.39. The zero-order valence-electron chi connectivity index (χ0n) is 29.4. The van der Waals surface area contributed by atoms with Crippen molar-refractivity contribution < 1.29 is 9.47 Å². The van der Waals surface area contributed by atoms with Crippen LogP contribution in [-0.4, -0.2) is 50.4 Å². The van der Waals surface area contributed by atoms with Crippen LogP contribution in [0.1, 0.15) is 181 Å². The molecule has 0 fully saturated rings. The van der Waals surface area contributed by atoms with E-state index in [0.29, 0.717) is 19.2 Å². The van der Waals surface area contributed by atoms with Crippen molar-refractivity contribution in [3.05, 3.63) is 24.3 Å². The molecule has 0 aliphatic carbocycles. The number of allylic oxidation sites excluding steroid dienone is 4. The molecule has 0 rings (SSSR count). The highest BCUT2D eigenvalue weighted by molar-refractivity contribution is 6.17. The first-order valence-electron chi connectivity index (χ1n) is 19.0. The van der Waals surface area contributed by atoms with E-state index in [1.54, 1.807) is 0 Å². The molecule has 0 aliphatic heterocycles. The molecule has 0 N–H and O–H groups in total. The summed E-state index contributed by atoms with van der Waals surface area (Å²) >= 11 is 6.12. The highest BCUT2D eigenvalue weighted by atomic mass is 35.5. The summed E-state index contributed by atoms with van der Waals surface area (Å²) < 4.78 is 12.0. The Bertz CT molecular complexity index is 523. The summed E-state index contributed by atoms with van der Waals surface area (Å²) in [5.74, 6) is 0. The van der Waals surface area contributed by atoms with Crippen molar-refractivity contribution in [1.29, 1.82) is 0 Å². The summed E-state index contributed by atoms with van der Waals surface area (Å²) in [6, 6.07) is 0.752. The van der Waals surface area contributed by atoms with Crippen LogP contribution in [0.3, 0.4) is 0 Å². The lowest BCUT2D eigenvalue weighted by Gasteiger charge is -2.25. The van der Waals surface area contributed by atoms with Gasteiger partial charge in [-0.15, -0.1) is 11.6 Å². The van der Waals surface area contributed by atoms with E-state index in [2.05, 4.69) is 50.1 Å². The first-order valence-corrected chi connectivity index (χ1v) is 19.5. The average Bonchev–Trinajstić information content (AvgIpc) is 3.02. The van der Waals surface area contributed by atoms with Crippen LogP contribution < -0.4 is 0 Å². The molecule has 0 aromatic carbocycles. The number of likely N-dealkylation sites (N-methyl/N-ethyl adjacent to an activating group) is 1. The summed E-state index contributed by atoms with van der Waals surface area (Å²) in [4.78, 5) is 2.14. The van der Waals surface area contributed by atoms with E-state index >= 15 is 0 Å². The van der Waals surface area contributed by atoms with Gasteiger partial charge in [-0.3, -0.25) is 4.90 Å². The van der Waals surface area contributed by atoms with Gasteiger partial charge in [0, 0.05) is 13.2 Å². The zero-order valence-corrected chi connectivity index (χ0v) is 30.2. The second-order valence-corrected chi connectivity index (χ2v) is 13.1. The van der Waals surface area contributed by atoms with Gasteiger partial charge >= 0.3 is 0 Å². The number of rotatable bonds is 36. The molecule has 0 aromatic heterocycles. The molecule has 43 heavy (non-hydrogen) atoms. The van der Waals surface area contributed by atoms with Crippen molar-refractivity contribution in [3.63, 3.8) is 0 Å². The van der Waals surface area contributed by atoms with E-state index < -0.39 is 0 Å². The maximum absolute atomic E-state index is 6.12.